The molecule has 5 heteroatoms. The lowest BCUT2D eigenvalue weighted by molar-refractivity contribution is -0.222. The molecule has 2 heterocycles. The lowest BCUT2D eigenvalue weighted by Crippen LogP contribution is -2.38. The Balaban J connectivity index is 1.47. The number of halogens is 3. The van der Waals surface area contributed by atoms with E-state index in [1.807, 2.05) is 17.5 Å². The Morgan fingerprint density at radius 2 is 1.54 bits per heavy atom. The SMILES string of the molecule is Cc1cc(C)cc(-c2nccc3c2sc2c(C)c(C4CCC(C)(CC(C)(C)C(F)(F)F)CC4)ccc23)c1. The number of benzene rings is 2. The van der Waals surface area contributed by atoms with Crippen molar-refractivity contribution in [1.82, 2.24) is 4.98 Å². The Morgan fingerprint density at radius 3 is 2.16 bits per heavy atom. The molecule has 0 aliphatic heterocycles. The third kappa shape index (κ3) is 4.80. The van der Waals surface area contributed by atoms with Crippen LogP contribution in [0.15, 0.2) is 42.6 Å². The molecule has 37 heavy (non-hydrogen) atoms. The number of thiophene rings is 1. The quantitative estimate of drug-likeness (QED) is 0.259. The first kappa shape index (κ1) is 26.2. The van der Waals surface area contributed by atoms with Gasteiger partial charge in [0.25, 0.3) is 0 Å². The first-order valence-corrected chi connectivity index (χ1v) is 14.1. The normalized spacial score (nSPS) is 21.2. The van der Waals surface area contributed by atoms with E-state index in [1.165, 1.54) is 56.3 Å². The number of pyridine rings is 1. The second-order valence-corrected chi connectivity index (χ2v) is 13.3. The zero-order chi connectivity index (χ0) is 26.8. The summed E-state index contributed by atoms with van der Waals surface area (Å²) < 4.78 is 43.2. The number of aromatic nitrogens is 1. The van der Waals surface area contributed by atoms with Crippen LogP contribution in [0.5, 0.6) is 0 Å². The number of hydrogen-bond acceptors (Lipinski definition) is 2. The molecule has 0 spiro atoms. The van der Waals surface area contributed by atoms with Crippen LogP contribution in [0, 0.1) is 31.6 Å². The van der Waals surface area contributed by atoms with Crippen LogP contribution in [0.2, 0.25) is 0 Å². The average molecular weight is 524 g/mol. The first-order valence-electron chi connectivity index (χ1n) is 13.2. The van der Waals surface area contributed by atoms with E-state index in [0.717, 1.165) is 36.9 Å². The molecule has 5 rings (SSSR count). The molecule has 0 N–H and O–H groups in total. The topological polar surface area (TPSA) is 12.9 Å². The summed E-state index contributed by atoms with van der Waals surface area (Å²) in [6.45, 7) is 11.2. The summed E-state index contributed by atoms with van der Waals surface area (Å²) >= 11 is 1.82. The third-order valence-corrected chi connectivity index (χ3v) is 9.96. The molecule has 2 aromatic heterocycles. The molecule has 196 valence electrons. The predicted octanol–water partition coefficient (Wildman–Crippen LogP) is 10.7. The fourth-order valence-corrected chi connectivity index (χ4v) is 7.96. The van der Waals surface area contributed by atoms with Gasteiger partial charge in [-0.05, 0) is 93.5 Å². The Labute approximate surface area is 222 Å². The van der Waals surface area contributed by atoms with Crippen molar-refractivity contribution in [2.75, 3.05) is 0 Å². The maximum atomic E-state index is 13.6. The van der Waals surface area contributed by atoms with Crippen molar-refractivity contribution >= 4 is 31.5 Å². The van der Waals surface area contributed by atoms with Crippen LogP contribution >= 0.6 is 11.3 Å². The number of fused-ring (bicyclic) bond motifs is 3. The molecule has 1 aliphatic rings. The van der Waals surface area contributed by atoms with Crippen LogP contribution in [0.1, 0.15) is 81.0 Å². The molecule has 2 aromatic carbocycles. The van der Waals surface area contributed by atoms with Crippen molar-refractivity contribution in [1.29, 1.82) is 0 Å². The Kier molecular flexibility index (Phi) is 6.46. The van der Waals surface area contributed by atoms with Crippen LogP contribution < -0.4 is 0 Å². The van der Waals surface area contributed by atoms with Crippen molar-refractivity contribution in [3.8, 4) is 11.3 Å². The number of aryl methyl sites for hydroxylation is 3. The molecule has 0 atom stereocenters. The van der Waals surface area contributed by atoms with E-state index >= 15 is 0 Å². The maximum absolute atomic E-state index is 13.6. The maximum Gasteiger partial charge on any atom is 0.393 e. The van der Waals surface area contributed by atoms with E-state index in [1.54, 1.807) is 0 Å². The molecule has 0 saturated heterocycles. The summed E-state index contributed by atoms with van der Waals surface area (Å²) in [5.74, 6) is 0.397. The molecule has 1 nitrogen and oxygen atoms in total. The van der Waals surface area contributed by atoms with Gasteiger partial charge in [-0.25, -0.2) is 0 Å². The molecule has 0 unspecified atom stereocenters. The minimum atomic E-state index is -4.17. The number of rotatable bonds is 4. The number of alkyl halides is 3. The van der Waals surface area contributed by atoms with Gasteiger partial charge in [-0.15, -0.1) is 11.3 Å². The molecule has 1 saturated carbocycles. The Morgan fingerprint density at radius 1 is 0.919 bits per heavy atom. The second kappa shape index (κ2) is 9.11. The molecule has 0 bridgehead atoms. The van der Waals surface area contributed by atoms with E-state index in [4.69, 9.17) is 4.98 Å². The van der Waals surface area contributed by atoms with Gasteiger partial charge in [0.15, 0.2) is 0 Å². The Bertz CT molecular complexity index is 1450. The van der Waals surface area contributed by atoms with Crippen molar-refractivity contribution in [2.45, 2.75) is 85.7 Å². The van der Waals surface area contributed by atoms with Crippen molar-refractivity contribution in [3.05, 3.63) is 64.8 Å². The number of nitrogens with zero attached hydrogens (tertiary/aromatic N) is 1. The van der Waals surface area contributed by atoms with E-state index in [2.05, 4.69) is 64.1 Å². The molecule has 0 radical (unpaired) electrons. The summed E-state index contributed by atoms with van der Waals surface area (Å²) in [6, 6.07) is 13.2. The zero-order valence-corrected chi connectivity index (χ0v) is 23.5. The van der Waals surface area contributed by atoms with Crippen LogP contribution in [0.25, 0.3) is 31.4 Å². The first-order chi connectivity index (χ1) is 17.3. The predicted molar refractivity (Wildman–Crippen MR) is 151 cm³/mol. The third-order valence-electron chi connectivity index (χ3n) is 8.61. The summed E-state index contributed by atoms with van der Waals surface area (Å²) in [5.41, 5.74) is 5.41. The second-order valence-electron chi connectivity index (χ2n) is 12.3. The van der Waals surface area contributed by atoms with E-state index in [9.17, 15) is 13.2 Å². The highest BCUT2D eigenvalue weighted by atomic mass is 32.1. The highest BCUT2D eigenvalue weighted by Gasteiger charge is 2.51. The summed E-state index contributed by atoms with van der Waals surface area (Å²) in [5, 5.41) is 2.51. The van der Waals surface area contributed by atoms with Crippen molar-refractivity contribution in [2.24, 2.45) is 10.8 Å². The molecule has 0 amide bonds. The lowest BCUT2D eigenvalue weighted by Gasteiger charge is -2.43. The van der Waals surface area contributed by atoms with Gasteiger partial charge in [0, 0.05) is 27.2 Å². The van der Waals surface area contributed by atoms with Crippen LogP contribution in [-0.4, -0.2) is 11.2 Å². The summed E-state index contributed by atoms with van der Waals surface area (Å²) in [7, 11) is 0. The molecular weight excluding hydrogens is 487 g/mol. The van der Waals surface area contributed by atoms with Gasteiger partial charge < -0.3 is 0 Å². The minimum Gasteiger partial charge on any atom is -0.255 e. The fraction of sp³-hybridized carbons (Fsp3) is 0.469. The Hall–Kier alpha value is -2.40. The molecule has 1 aliphatic carbocycles. The van der Waals surface area contributed by atoms with Gasteiger partial charge in [0.2, 0.25) is 0 Å². The smallest absolute Gasteiger partial charge is 0.255 e. The zero-order valence-electron chi connectivity index (χ0n) is 22.6. The van der Waals surface area contributed by atoms with Crippen molar-refractivity contribution in [3.63, 3.8) is 0 Å². The summed E-state index contributed by atoms with van der Waals surface area (Å²) in [4.78, 5) is 4.79. The summed E-state index contributed by atoms with van der Waals surface area (Å²) in [6.07, 6.45) is 1.49. The average Bonchev–Trinajstić information content (AvgIpc) is 3.18. The molecule has 4 aromatic rings. The van der Waals surface area contributed by atoms with Gasteiger partial charge in [0.1, 0.15) is 0 Å². The van der Waals surface area contributed by atoms with Gasteiger partial charge in [-0.3, -0.25) is 4.98 Å². The van der Waals surface area contributed by atoms with E-state index < -0.39 is 11.6 Å². The lowest BCUT2D eigenvalue weighted by atomic mass is 9.63. The van der Waals surface area contributed by atoms with Gasteiger partial charge in [-0.2, -0.15) is 13.2 Å². The largest absolute Gasteiger partial charge is 0.393 e. The standard InChI is InChI=1S/C32H36F3NS/c1-19-15-20(2)17-23(16-19)27-29-26(11-14-36-27)25-8-7-24(21(3)28(25)37-29)22-9-12-31(6,13-10-22)18-30(4,5)32(33,34)35/h7-8,11,14-17,22H,9-10,12-13,18H2,1-6H3. The monoisotopic (exact) mass is 523 g/mol. The van der Waals surface area contributed by atoms with Crippen molar-refractivity contribution < 1.29 is 13.2 Å². The minimum absolute atomic E-state index is 0.193. The molecule has 1 fully saturated rings. The van der Waals surface area contributed by atoms with Gasteiger partial charge in [-0.1, -0.05) is 50.1 Å². The van der Waals surface area contributed by atoms with E-state index in [-0.39, 0.29) is 11.8 Å². The van der Waals surface area contributed by atoms with E-state index in [0.29, 0.717) is 5.92 Å². The van der Waals surface area contributed by atoms with Gasteiger partial charge in [0.05, 0.1) is 15.8 Å². The number of hydrogen-bond donors (Lipinski definition) is 0. The van der Waals surface area contributed by atoms with Crippen LogP contribution in [0.4, 0.5) is 13.2 Å². The highest BCUT2D eigenvalue weighted by molar-refractivity contribution is 7.26. The molecular formula is C32H36F3NS. The van der Waals surface area contributed by atoms with Gasteiger partial charge >= 0.3 is 6.18 Å². The highest BCUT2D eigenvalue weighted by Crippen LogP contribution is 2.53. The fourth-order valence-electron chi connectivity index (χ4n) is 6.65. The van der Waals surface area contributed by atoms with Crippen LogP contribution in [-0.2, 0) is 0 Å². The van der Waals surface area contributed by atoms with Crippen LogP contribution in [0.3, 0.4) is 0 Å².